The number of nitrogens with zero attached hydrogens (tertiary/aromatic N) is 4. The van der Waals surface area contributed by atoms with Crippen LogP contribution >= 0.6 is 0 Å². The van der Waals surface area contributed by atoms with Crippen molar-refractivity contribution < 1.29 is 14.6 Å². The Labute approximate surface area is 177 Å². The molecule has 3 rings (SSSR count). The average Bonchev–Trinajstić information content (AvgIpc) is 2.74. The molecule has 3 atom stereocenters. The maximum Gasteiger partial charge on any atom is 0.259 e. The first kappa shape index (κ1) is 21.8. The van der Waals surface area contributed by atoms with Gasteiger partial charge in [-0.05, 0) is 39.2 Å². The molecule has 0 fully saturated rings. The molecular formula is C23H28N4O3. The highest BCUT2D eigenvalue weighted by Crippen LogP contribution is 2.27. The summed E-state index contributed by atoms with van der Waals surface area (Å²) in [4.78, 5) is 25.6. The average molecular weight is 409 g/mol. The molecule has 30 heavy (non-hydrogen) atoms. The highest BCUT2D eigenvalue weighted by molar-refractivity contribution is 5.97. The Kier molecular flexibility index (Phi) is 7.03. The first-order valence-corrected chi connectivity index (χ1v) is 10.0. The number of aromatic nitrogens is 2. The van der Waals surface area contributed by atoms with Gasteiger partial charge in [0.25, 0.3) is 5.91 Å². The molecule has 1 aliphatic heterocycles. The van der Waals surface area contributed by atoms with Crippen LogP contribution in [-0.2, 0) is 0 Å². The largest absolute Gasteiger partial charge is 0.472 e. The number of amides is 1. The van der Waals surface area contributed by atoms with Gasteiger partial charge in [-0.1, -0.05) is 18.8 Å². The second-order valence-corrected chi connectivity index (χ2v) is 7.95. The normalized spacial score (nSPS) is 19.8. The minimum Gasteiger partial charge on any atom is -0.472 e. The second kappa shape index (κ2) is 9.70. The SMILES string of the molecule is C[C@H](CO)N1C[C@H](C)[C@H](CN(C)C)Oc2ncc(C#Cc3cccnc3)cc2C1=O. The predicted molar refractivity (Wildman–Crippen MR) is 114 cm³/mol. The molecule has 1 N–H and O–H groups in total. The lowest BCUT2D eigenvalue weighted by atomic mass is 10.00. The number of carbonyl (C=O) groups excluding carboxylic acids is 1. The van der Waals surface area contributed by atoms with Gasteiger partial charge in [0.15, 0.2) is 0 Å². The van der Waals surface area contributed by atoms with Crippen molar-refractivity contribution in [1.29, 1.82) is 0 Å². The lowest BCUT2D eigenvalue weighted by molar-refractivity contribution is 0.0348. The fourth-order valence-electron chi connectivity index (χ4n) is 3.33. The number of ether oxygens (including phenoxy) is 1. The van der Waals surface area contributed by atoms with E-state index in [-0.39, 0.29) is 30.6 Å². The van der Waals surface area contributed by atoms with Crippen LogP contribution in [0.4, 0.5) is 0 Å². The van der Waals surface area contributed by atoms with Gasteiger partial charge >= 0.3 is 0 Å². The van der Waals surface area contributed by atoms with Gasteiger partial charge in [-0.3, -0.25) is 9.78 Å². The lowest BCUT2D eigenvalue weighted by Crippen LogP contribution is -2.49. The van der Waals surface area contributed by atoms with Gasteiger partial charge in [-0.2, -0.15) is 0 Å². The summed E-state index contributed by atoms with van der Waals surface area (Å²) in [5.41, 5.74) is 1.76. The Bertz CT molecular complexity index is 936. The Balaban J connectivity index is 2.00. The number of fused-ring (bicyclic) bond motifs is 1. The number of likely N-dealkylation sites (N-methyl/N-ethyl adjacent to an activating group) is 1. The number of rotatable bonds is 4. The van der Waals surface area contributed by atoms with Crippen molar-refractivity contribution in [2.45, 2.75) is 26.0 Å². The van der Waals surface area contributed by atoms with E-state index in [4.69, 9.17) is 4.74 Å². The van der Waals surface area contributed by atoms with Gasteiger partial charge < -0.3 is 19.6 Å². The van der Waals surface area contributed by atoms with Gasteiger partial charge in [-0.15, -0.1) is 0 Å². The van der Waals surface area contributed by atoms with Gasteiger partial charge in [0.05, 0.1) is 12.6 Å². The van der Waals surface area contributed by atoms with E-state index < -0.39 is 0 Å². The summed E-state index contributed by atoms with van der Waals surface area (Å²) in [5, 5.41) is 9.70. The molecule has 0 saturated heterocycles. The first-order chi connectivity index (χ1) is 14.4. The van der Waals surface area contributed by atoms with Gasteiger partial charge in [0.1, 0.15) is 11.7 Å². The minimum atomic E-state index is -0.309. The predicted octanol–water partition coefficient (Wildman–Crippen LogP) is 1.66. The molecule has 158 valence electrons. The molecule has 0 aromatic carbocycles. The van der Waals surface area contributed by atoms with Crippen molar-refractivity contribution in [2.75, 3.05) is 33.8 Å². The van der Waals surface area contributed by atoms with Crippen LogP contribution in [-0.4, -0.2) is 76.7 Å². The highest BCUT2D eigenvalue weighted by Gasteiger charge is 2.33. The highest BCUT2D eigenvalue weighted by atomic mass is 16.5. The Hall–Kier alpha value is -2.95. The number of aliphatic hydroxyl groups excluding tert-OH is 1. The van der Waals surface area contributed by atoms with Crippen molar-refractivity contribution in [1.82, 2.24) is 19.8 Å². The summed E-state index contributed by atoms with van der Waals surface area (Å²) in [5.74, 6) is 6.25. The maximum absolute atomic E-state index is 13.3. The third-order valence-corrected chi connectivity index (χ3v) is 5.08. The summed E-state index contributed by atoms with van der Waals surface area (Å²) >= 11 is 0. The van der Waals surface area contributed by atoms with Crippen LogP contribution in [0.5, 0.6) is 5.88 Å². The second-order valence-electron chi connectivity index (χ2n) is 7.95. The monoisotopic (exact) mass is 408 g/mol. The minimum absolute atomic E-state index is 0.0744. The molecule has 2 aromatic rings. The maximum atomic E-state index is 13.3. The summed E-state index contributed by atoms with van der Waals surface area (Å²) in [7, 11) is 3.97. The smallest absolute Gasteiger partial charge is 0.259 e. The van der Waals surface area contributed by atoms with E-state index >= 15 is 0 Å². The molecule has 7 nitrogen and oxygen atoms in total. The van der Waals surface area contributed by atoms with Crippen LogP contribution in [0.1, 0.15) is 35.3 Å². The van der Waals surface area contributed by atoms with Crippen LogP contribution in [0.2, 0.25) is 0 Å². The Morgan fingerprint density at radius 2 is 2.10 bits per heavy atom. The summed E-state index contributed by atoms with van der Waals surface area (Å²) in [6, 6.07) is 5.09. The van der Waals surface area contributed by atoms with Crippen LogP contribution in [0.15, 0.2) is 36.8 Å². The van der Waals surface area contributed by atoms with Crippen LogP contribution in [0.25, 0.3) is 0 Å². The topological polar surface area (TPSA) is 78.8 Å². The first-order valence-electron chi connectivity index (χ1n) is 10.0. The summed E-state index contributed by atoms with van der Waals surface area (Å²) in [6.07, 6.45) is 4.85. The molecule has 0 radical (unpaired) electrons. The van der Waals surface area contributed by atoms with E-state index in [1.165, 1.54) is 0 Å². The molecule has 7 heteroatoms. The number of carbonyl (C=O) groups is 1. The molecule has 0 unspecified atom stereocenters. The molecule has 0 bridgehead atoms. The summed E-state index contributed by atoms with van der Waals surface area (Å²) < 4.78 is 6.19. The molecular weight excluding hydrogens is 380 g/mol. The number of hydrogen-bond donors (Lipinski definition) is 1. The van der Waals surface area contributed by atoms with Crippen molar-refractivity contribution in [3.8, 4) is 17.7 Å². The molecule has 0 saturated carbocycles. The van der Waals surface area contributed by atoms with E-state index in [9.17, 15) is 9.90 Å². The molecule has 3 heterocycles. The van der Waals surface area contributed by atoms with Gasteiger partial charge in [0, 0.05) is 48.7 Å². The zero-order valence-electron chi connectivity index (χ0n) is 17.9. The van der Waals surface area contributed by atoms with E-state index in [1.54, 1.807) is 29.6 Å². The Morgan fingerprint density at radius 1 is 1.33 bits per heavy atom. The number of pyridine rings is 2. The van der Waals surface area contributed by atoms with Crippen LogP contribution < -0.4 is 4.74 Å². The molecule has 1 aliphatic rings. The fraction of sp³-hybridized carbons (Fsp3) is 0.435. The molecule has 0 spiro atoms. The van der Waals surface area contributed by atoms with E-state index in [0.717, 1.165) is 5.56 Å². The molecule has 1 amide bonds. The standard InChI is InChI=1S/C23H28N4O3/c1-16-13-27(17(2)15-28)23(29)20-10-19(8-7-18-6-5-9-24-11-18)12-25-22(20)30-21(16)14-26(3)4/h5-6,9-12,16-17,21,28H,13-15H2,1-4H3/t16-,17+,21-/m0/s1. The third kappa shape index (κ3) is 5.15. The summed E-state index contributed by atoms with van der Waals surface area (Å²) in [6.45, 7) is 4.97. The van der Waals surface area contributed by atoms with Crippen molar-refractivity contribution >= 4 is 5.91 Å². The van der Waals surface area contributed by atoms with Crippen LogP contribution in [0, 0.1) is 17.8 Å². The zero-order valence-corrected chi connectivity index (χ0v) is 17.9. The third-order valence-electron chi connectivity index (χ3n) is 5.08. The lowest BCUT2D eigenvalue weighted by Gasteiger charge is -2.37. The van der Waals surface area contributed by atoms with Crippen molar-refractivity contribution in [3.05, 3.63) is 53.5 Å². The fourth-order valence-corrected chi connectivity index (χ4v) is 3.33. The van der Waals surface area contributed by atoms with E-state index in [1.807, 2.05) is 33.2 Å². The van der Waals surface area contributed by atoms with Crippen LogP contribution in [0.3, 0.4) is 0 Å². The number of hydrogen-bond acceptors (Lipinski definition) is 6. The molecule has 2 aromatic heterocycles. The van der Waals surface area contributed by atoms with Crippen molar-refractivity contribution in [2.24, 2.45) is 5.92 Å². The Morgan fingerprint density at radius 3 is 2.77 bits per heavy atom. The van der Waals surface area contributed by atoms with Gasteiger partial charge in [0.2, 0.25) is 5.88 Å². The van der Waals surface area contributed by atoms with E-state index in [2.05, 4.69) is 33.6 Å². The zero-order chi connectivity index (χ0) is 21.7. The number of aliphatic hydroxyl groups is 1. The quantitative estimate of drug-likeness (QED) is 0.776. The van der Waals surface area contributed by atoms with E-state index in [0.29, 0.717) is 30.1 Å². The molecule has 0 aliphatic carbocycles. The van der Waals surface area contributed by atoms with Gasteiger partial charge in [-0.25, -0.2) is 4.98 Å². The van der Waals surface area contributed by atoms with Crippen molar-refractivity contribution in [3.63, 3.8) is 0 Å².